The van der Waals surface area contributed by atoms with Crippen LogP contribution in [0.15, 0.2) is 5.10 Å². The quantitative estimate of drug-likeness (QED) is 0.455. The fraction of sp³-hybridized carbons (Fsp3) is 0.667. The van der Waals surface area contributed by atoms with Crippen molar-refractivity contribution < 1.29 is 4.84 Å². The van der Waals surface area contributed by atoms with Crippen molar-refractivity contribution in [3.8, 4) is 0 Å². The molecule has 0 aromatic heterocycles. The van der Waals surface area contributed by atoms with Crippen LogP contribution in [0.2, 0.25) is 0 Å². The van der Waals surface area contributed by atoms with Gasteiger partial charge in [0.05, 0.1) is 0 Å². The van der Waals surface area contributed by atoms with Gasteiger partial charge in [0.2, 0.25) is 5.90 Å². The van der Waals surface area contributed by atoms with Crippen molar-refractivity contribution in [3.63, 3.8) is 0 Å². The molecule has 0 amide bonds. The molecule has 0 bridgehead atoms. The molecular weight excluding hydrogens is 94.1 g/mol. The molecule has 1 N–H and O–H groups in total. The zero-order valence-corrected chi connectivity index (χ0v) is 4.30. The van der Waals surface area contributed by atoms with Gasteiger partial charge in [-0.25, -0.2) is 0 Å². The second kappa shape index (κ2) is 1.38. The monoisotopic (exact) mass is 101 g/mol. The van der Waals surface area contributed by atoms with Gasteiger partial charge in [-0.05, 0) is 5.59 Å². The maximum Gasteiger partial charge on any atom is 0.231 e. The summed E-state index contributed by atoms with van der Waals surface area (Å²) in [5.74, 6) is 0.641. The van der Waals surface area contributed by atoms with Gasteiger partial charge in [0.1, 0.15) is 0 Å². The molecule has 4 nitrogen and oxygen atoms in total. The number of nitrogens with one attached hydrogen (secondary N) is 1. The number of hydrogen-bond acceptors (Lipinski definition) is 4. The van der Waals surface area contributed by atoms with E-state index < -0.39 is 0 Å². The van der Waals surface area contributed by atoms with E-state index in [1.165, 1.54) is 5.12 Å². The molecule has 0 atom stereocenters. The number of rotatable bonds is 0. The molecular formula is C3H7N3O. The van der Waals surface area contributed by atoms with Gasteiger partial charge in [-0.3, -0.25) is 0 Å². The van der Waals surface area contributed by atoms with E-state index in [0.717, 1.165) is 0 Å². The fourth-order valence-electron chi connectivity index (χ4n) is 0.384. The standard InChI is InChI=1S/C3H7N3O/c1-3-4-6(2)5-7-3/h5H,1-2H3. The minimum Gasteiger partial charge on any atom is -0.371 e. The van der Waals surface area contributed by atoms with Crippen molar-refractivity contribution in [1.29, 1.82) is 0 Å². The van der Waals surface area contributed by atoms with Gasteiger partial charge in [0.15, 0.2) is 0 Å². The molecule has 0 unspecified atom stereocenters. The second-order valence-electron chi connectivity index (χ2n) is 1.34. The van der Waals surface area contributed by atoms with Crippen molar-refractivity contribution >= 4 is 5.90 Å². The first-order chi connectivity index (χ1) is 3.29. The maximum absolute atomic E-state index is 4.69. The second-order valence-corrected chi connectivity index (χ2v) is 1.34. The topological polar surface area (TPSA) is 36.9 Å². The van der Waals surface area contributed by atoms with Gasteiger partial charge in [0.25, 0.3) is 0 Å². The largest absolute Gasteiger partial charge is 0.371 e. The van der Waals surface area contributed by atoms with E-state index >= 15 is 0 Å². The Morgan fingerprint density at radius 2 is 2.57 bits per heavy atom. The lowest BCUT2D eigenvalue weighted by molar-refractivity contribution is 0.0562. The Labute approximate surface area is 41.7 Å². The summed E-state index contributed by atoms with van der Waals surface area (Å²) in [5.41, 5.74) is 2.50. The van der Waals surface area contributed by atoms with E-state index in [-0.39, 0.29) is 0 Å². The summed E-state index contributed by atoms with van der Waals surface area (Å²) in [5, 5.41) is 5.30. The first-order valence-corrected chi connectivity index (χ1v) is 2.00. The molecule has 0 fully saturated rings. The van der Waals surface area contributed by atoms with E-state index in [2.05, 4.69) is 10.7 Å². The van der Waals surface area contributed by atoms with Crippen molar-refractivity contribution in [3.05, 3.63) is 0 Å². The van der Waals surface area contributed by atoms with Crippen LogP contribution < -0.4 is 5.59 Å². The fourth-order valence-corrected chi connectivity index (χ4v) is 0.384. The highest BCUT2D eigenvalue weighted by molar-refractivity contribution is 5.73. The number of hydrogen-bond donors (Lipinski definition) is 1. The molecule has 40 valence electrons. The molecule has 0 saturated heterocycles. The predicted molar refractivity (Wildman–Crippen MR) is 25.1 cm³/mol. The lowest BCUT2D eigenvalue weighted by atomic mass is 10.8. The van der Waals surface area contributed by atoms with Gasteiger partial charge >= 0.3 is 0 Å². The SMILES string of the molecule is CC1=NN(C)NO1. The summed E-state index contributed by atoms with van der Waals surface area (Å²) >= 11 is 0. The third kappa shape index (κ3) is 0.806. The molecule has 7 heavy (non-hydrogen) atoms. The molecule has 0 spiro atoms. The van der Waals surface area contributed by atoms with Crippen LogP contribution in [0.3, 0.4) is 0 Å². The van der Waals surface area contributed by atoms with Crippen LogP contribution >= 0.6 is 0 Å². The third-order valence-electron chi connectivity index (χ3n) is 0.616. The summed E-state index contributed by atoms with van der Waals surface area (Å²) in [7, 11) is 1.76. The van der Waals surface area contributed by atoms with Gasteiger partial charge in [0, 0.05) is 14.0 Å². The van der Waals surface area contributed by atoms with Gasteiger partial charge in [-0.2, -0.15) is 5.12 Å². The molecule has 0 saturated carbocycles. The Morgan fingerprint density at radius 3 is 2.71 bits per heavy atom. The Morgan fingerprint density at radius 1 is 1.86 bits per heavy atom. The molecule has 4 heteroatoms. The number of hydrazine groups is 1. The van der Waals surface area contributed by atoms with E-state index in [0.29, 0.717) is 5.90 Å². The highest BCUT2D eigenvalue weighted by Crippen LogP contribution is 1.89. The smallest absolute Gasteiger partial charge is 0.231 e. The Kier molecular flexibility index (Phi) is 0.867. The first kappa shape index (κ1) is 4.39. The van der Waals surface area contributed by atoms with Crippen molar-refractivity contribution in [2.24, 2.45) is 5.10 Å². The van der Waals surface area contributed by atoms with Crippen molar-refractivity contribution in [1.82, 2.24) is 10.7 Å². The molecule has 0 aromatic rings. The summed E-state index contributed by atoms with van der Waals surface area (Å²) in [6.07, 6.45) is 0. The van der Waals surface area contributed by atoms with Gasteiger partial charge < -0.3 is 4.84 Å². The van der Waals surface area contributed by atoms with Gasteiger partial charge in [-0.15, -0.1) is 5.10 Å². The first-order valence-electron chi connectivity index (χ1n) is 2.00. The molecule has 1 rings (SSSR count). The molecule has 1 aliphatic heterocycles. The predicted octanol–water partition coefficient (Wildman–Crippen LogP) is -0.299. The lowest BCUT2D eigenvalue weighted by Crippen LogP contribution is -2.22. The van der Waals surface area contributed by atoms with Crippen LogP contribution in [0.4, 0.5) is 0 Å². The average Bonchev–Trinajstić information content (AvgIpc) is 1.87. The van der Waals surface area contributed by atoms with E-state index in [4.69, 9.17) is 4.84 Å². The molecule has 0 aromatic carbocycles. The van der Waals surface area contributed by atoms with Crippen LogP contribution in [-0.4, -0.2) is 18.1 Å². The van der Waals surface area contributed by atoms with E-state index in [1.807, 2.05) is 0 Å². The summed E-state index contributed by atoms with van der Waals surface area (Å²) < 4.78 is 0. The van der Waals surface area contributed by atoms with Crippen LogP contribution in [-0.2, 0) is 4.84 Å². The zero-order chi connectivity index (χ0) is 5.28. The summed E-state index contributed by atoms with van der Waals surface area (Å²) in [4.78, 5) is 4.69. The highest BCUT2D eigenvalue weighted by Gasteiger charge is 2.02. The molecule has 1 aliphatic rings. The maximum atomic E-state index is 4.69. The van der Waals surface area contributed by atoms with Crippen LogP contribution in [0.25, 0.3) is 0 Å². The lowest BCUT2D eigenvalue weighted by Gasteiger charge is -1.99. The average molecular weight is 101 g/mol. The van der Waals surface area contributed by atoms with Crippen LogP contribution in [0.5, 0.6) is 0 Å². The minimum absolute atomic E-state index is 0.641. The normalized spacial score (nSPS) is 19.1. The number of nitrogens with zero attached hydrogens (tertiary/aromatic N) is 2. The molecule has 0 radical (unpaired) electrons. The summed E-state index contributed by atoms with van der Waals surface area (Å²) in [6.45, 7) is 1.77. The highest BCUT2D eigenvalue weighted by atomic mass is 16.7. The van der Waals surface area contributed by atoms with Crippen LogP contribution in [0, 0.1) is 0 Å². The number of hydrazone groups is 1. The van der Waals surface area contributed by atoms with Gasteiger partial charge in [-0.1, -0.05) is 0 Å². The van der Waals surface area contributed by atoms with Crippen LogP contribution in [0.1, 0.15) is 6.92 Å². The van der Waals surface area contributed by atoms with Crippen molar-refractivity contribution in [2.75, 3.05) is 7.05 Å². The summed E-state index contributed by atoms with van der Waals surface area (Å²) in [6, 6.07) is 0. The Balaban J connectivity index is 2.50. The third-order valence-corrected chi connectivity index (χ3v) is 0.616. The Hall–Kier alpha value is -0.770. The van der Waals surface area contributed by atoms with Crippen molar-refractivity contribution in [2.45, 2.75) is 6.92 Å². The zero-order valence-electron chi connectivity index (χ0n) is 4.30. The molecule has 1 heterocycles. The molecule has 0 aliphatic carbocycles. The minimum atomic E-state index is 0.641. The Bertz CT molecular complexity index is 100. The van der Waals surface area contributed by atoms with E-state index in [9.17, 15) is 0 Å². The van der Waals surface area contributed by atoms with E-state index in [1.54, 1.807) is 14.0 Å².